The maximum absolute atomic E-state index is 13.0. The summed E-state index contributed by atoms with van der Waals surface area (Å²) in [6.07, 6.45) is 0.862. The van der Waals surface area contributed by atoms with Gasteiger partial charge >= 0.3 is 0 Å². The average Bonchev–Trinajstić information content (AvgIpc) is 2.17. The highest BCUT2D eigenvalue weighted by Gasteiger charge is 2.25. The van der Waals surface area contributed by atoms with Crippen molar-refractivity contribution in [3.63, 3.8) is 0 Å². The van der Waals surface area contributed by atoms with Crippen molar-refractivity contribution in [1.29, 1.82) is 0 Å². The van der Waals surface area contributed by atoms with Gasteiger partial charge in [-0.25, -0.2) is 4.39 Å². The van der Waals surface area contributed by atoms with Crippen LogP contribution in [0.1, 0.15) is 24.9 Å². The van der Waals surface area contributed by atoms with Crippen LogP contribution in [0.5, 0.6) is 5.75 Å². The van der Waals surface area contributed by atoms with Crippen molar-refractivity contribution < 1.29 is 9.13 Å². The highest BCUT2D eigenvalue weighted by Crippen LogP contribution is 2.34. The van der Waals surface area contributed by atoms with Gasteiger partial charge in [-0.2, -0.15) is 0 Å². The molecule has 1 aliphatic heterocycles. The zero-order valence-corrected chi connectivity index (χ0v) is 7.96. The first-order valence-corrected chi connectivity index (χ1v) is 4.63. The molecule has 0 aromatic heterocycles. The summed E-state index contributed by atoms with van der Waals surface area (Å²) in [6.45, 7) is 1.97. The first-order chi connectivity index (χ1) is 6.70. The number of fused-ring (bicyclic) bond motifs is 1. The Balaban J connectivity index is 2.41. The molecule has 0 radical (unpaired) electrons. The molecule has 0 aliphatic carbocycles. The Bertz CT molecular complexity index is 343. The zero-order chi connectivity index (χ0) is 10.1. The smallest absolute Gasteiger partial charge is 0.124 e. The van der Waals surface area contributed by atoms with E-state index in [2.05, 4.69) is 5.43 Å². The third kappa shape index (κ3) is 1.58. The molecule has 4 heteroatoms. The Morgan fingerprint density at radius 3 is 3.07 bits per heavy atom. The molecule has 0 saturated carbocycles. The lowest BCUT2D eigenvalue weighted by atomic mass is 9.97. The second-order valence-electron chi connectivity index (χ2n) is 3.57. The maximum atomic E-state index is 13.0. The van der Waals surface area contributed by atoms with Gasteiger partial charge in [0.1, 0.15) is 11.6 Å². The SMILES string of the molecule is C[C@H]1C[C@H](NN)c2cc(F)ccc2O1. The van der Waals surface area contributed by atoms with Crippen molar-refractivity contribution in [3.8, 4) is 5.75 Å². The highest BCUT2D eigenvalue weighted by molar-refractivity contribution is 5.38. The molecule has 1 heterocycles. The van der Waals surface area contributed by atoms with Crippen LogP contribution in [0.25, 0.3) is 0 Å². The average molecular weight is 196 g/mol. The maximum Gasteiger partial charge on any atom is 0.124 e. The molecule has 0 saturated heterocycles. The van der Waals surface area contributed by atoms with Gasteiger partial charge in [-0.15, -0.1) is 0 Å². The third-order valence-corrected chi connectivity index (χ3v) is 2.44. The number of nitrogens with two attached hydrogens (primary N) is 1. The molecule has 2 atom stereocenters. The van der Waals surface area contributed by atoms with E-state index in [1.165, 1.54) is 12.1 Å². The summed E-state index contributed by atoms with van der Waals surface area (Å²) in [5.41, 5.74) is 3.47. The second kappa shape index (κ2) is 3.55. The van der Waals surface area contributed by atoms with Gasteiger partial charge < -0.3 is 4.74 Å². The van der Waals surface area contributed by atoms with Crippen LogP contribution in [-0.4, -0.2) is 6.10 Å². The standard InChI is InChI=1S/C10H13FN2O/c1-6-4-9(13-12)8-5-7(11)2-3-10(8)14-6/h2-3,5-6,9,13H,4,12H2,1H3/t6-,9-/m0/s1. The molecular weight excluding hydrogens is 183 g/mol. The summed E-state index contributed by atoms with van der Waals surface area (Å²) >= 11 is 0. The van der Waals surface area contributed by atoms with E-state index in [1.54, 1.807) is 6.07 Å². The second-order valence-corrected chi connectivity index (χ2v) is 3.57. The number of rotatable bonds is 1. The van der Waals surface area contributed by atoms with Gasteiger partial charge in [0.15, 0.2) is 0 Å². The van der Waals surface area contributed by atoms with E-state index < -0.39 is 0 Å². The van der Waals surface area contributed by atoms with Crippen LogP contribution in [0.15, 0.2) is 18.2 Å². The first kappa shape index (κ1) is 9.43. The summed E-state index contributed by atoms with van der Waals surface area (Å²) in [5, 5.41) is 0. The van der Waals surface area contributed by atoms with Crippen LogP contribution >= 0.6 is 0 Å². The van der Waals surface area contributed by atoms with E-state index in [1.807, 2.05) is 6.92 Å². The number of benzene rings is 1. The van der Waals surface area contributed by atoms with Crippen molar-refractivity contribution in [2.45, 2.75) is 25.5 Å². The monoisotopic (exact) mass is 196 g/mol. The Morgan fingerprint density at radius 1 is 1.57 bits per heavy atom. The summed E-state index contributed by atoms with van der Waals surface area (Å²) in [4.78, 5) is 0. The van der Waals surface area contributed by atoms with Gasteiger partial charge in [-0.05, 0) is 25.1 Å². The number of ether oxygens (including phenoxy) is 1. The van der Waals surface area contributed by atoms with Crippen LogP contribution in [0.2, 0.25) is 0 Å². The fourth-order valence-electron chi connectivity index (χ4n) is 1.78. The van der Waals surface area contributed by atoms with Crippen molar-refractivity contribution in [1.82, 2.24) is 5.43 Å². The van der Waals surface area contributed by atoms with Crippen LogP contribution in [0.4, 0.5) is 4.39 Å². The van der Waals surface area contributed by atoms with Crippen molar-refractivity contribution in [2.75, 3.05) is 0 Å². The Hall–Kier alpha value is -1.13. The quantitative estimate of drug-likeness (QED) is 0.528. The molecule has 2 rings (SSSR count). The van der Waals surface area contributed by atoms with E-state index >= 15 is 0 Å². The van der Waals surface area contributed by atoms with Crippen molar-refractivity contribution in [3.05, 3.63) is 29.6 Å². The molecule has 14 heavy (non-hydrogen) atoms. The fourth-order valence-corrected chi connectivity index (χ4v) is 1.78. The predicted octanol–water partition coefficient (Wildman–Crippen LogP) is 1.50. The number of hydrogen-bond donors (Lipinski definition) is 2. The number of halogens is 1. The molecule has 1 aliphatic rings. The lowest BCUT2D eigenvalue weighted by Gasteiger charge is -2.29. The van der Waals surface area contributed by atoms with Gasteiger partial charge in [-0.3, -0.25) is 11.3 Å². The fraction of sp³-hybridized carbons (Fsp3) is 0.400. The van der Waals surface area contributed by atoms with E-state index in [4.69, 9.17) is 10.6 Å². The summed E-state index contributed by atoms with van der Waals surface area (Å²) in [7, 11) is 0. The Morgan fingerprint density at radius 2 is 2.36 bits per heavy atom. The Kier molecular flexibility index (Phi) is 2.39. The molecule has 0 unspecified atom stereocenters. The van der Waals surface area contributed by atoms with Gasteiger partial charge in [0.25, 0.3) is 0 Å². The number of hydrogen-bond acceptors (Lipinski definition) is 3. The van der Waals surface area contributed by atoms with E-state index in [0.717, 1.165) is 12.0 Å². The van der Waals surface area contributed by atoms with Gasteiger partial charge in [-0.1, -0.05) is 0 Å². The molecule has 1 aromatic rings. The molecule has 1 aromatic carbocycles. The van der Waals surface area contributed by atoms with Crippen molar-refractivity contribution in [2.24, 2.45) is 5.84 Å². The third-order valence-electron chi connectivity index (χ3n) is 2.44. The molecule has 0 fully saturated rings. The van der Waals surface area contributed by atoms with Gasteiger partial charge in [0.05, 0.1) is 12.1 Å². The lowest BCUT2D eigenvalue weighted by molar-refractivity contribution is 0.166. The first-order valence-electron chi connectivity index (χ1n) is 4.63. The van der Waals surface area contributed by atoms with Crippen LogP contribution in [0, 0.1) is 5.82 Å². The normalized spacial score (nSPS) is 25.4. The minimum Gasteiger partial charge on any atom is -0.490 e. The number of hydrazine groups is 1. The molecule has 0 amide bonds. The highest BCUT2D eigenvalue weighted by atomic mass is 19.1. The molecular formula is C10H13FN2O. The minimum absolute atomic E-state index is 0.0237. The topological polar surface area (TPSA) is 47.3 Å². The number of nitrogens with one attached hydrogen (secondary N) is 1. The van der Waals surface area contributed by atoms with E-state index in [-0.39, 0.29) is 18.0 Å². The zero-order valence-electron chi connectivity index (χ0n) is 7.96. The van der Waals surface area contributed by atoms with Crippen LogP contribution in [0.3, 0.4) is 0 Å². The van der Waals surface area contributed by atoms with Crippen molar-refractivity contribution >= 4 is 0 Å². The molecule has 0 bridgehead atoms. The van der Waals surface area contributed by atoms with Crippen LogP contribution in [-0.2, 0) is 0 Å². The largest absolute Gasteiger partial charge is 0.490 e. The van der Waals surface area contributed by atoms with Gasteiger partial charge in [0, 0.05) is 12.0 Å². The minimum atomic E-state index is -0.262. The summed E-state index contributed by atoms with van der Waals surface area (Å²) in [6, 6.07) is 4.48. The van der Waals surface area contributed by atoms with Gasteiger partial charge in [0.2, 0.25) is 0 Å². The molecule has 3 N–H and O–H groups in total. The van der Waals surface area contributed by atoms with Crippen LogP contribution < -0.4 is 16.0 Å². The summed E-state index contributed by atoms with van der Waals surface area (Å²) in [5.74, 6) is 5.86. The lowest BCUT2D eigenvalue weighted by Crippen LogP contribution is -2.35. The molecule has 3 nitrogen and oxygen atoms in total. The summed E-state index contributed by atoms with van der Waals surface area (Å²) < 4.78 is 18.5. The molecule has 76 valence electrons. The predicted molar refractivity (Wildman–Crippen MR) is 51.2 cm³/mol. The molecule has 0 spiro atoms. The van der Waals surface area contributed by atoms with E-state index in [9.17, 15) is 4.39 Å². The Labute approximate surface area is 82.0 Å². The van der Waals surface area contributed by atoms with E-state index in [0.29, 0.717) is 5.75 Å².